The molecule has 1 heterocycles. The van der Waals surface area contributed by atoms with Crippen LogP contribution in [0.1, 0.15) is 39.2 Å². The lowest BCUT2D eigenvalue weighted by Gasteiger charge is -2.33. The van der Waals surface area contributed by atoms with Crippen LogP contribution in [0.3, 0.4) is 0 Å². The van der Waals surface area contributed by atoms with Crippen molar-refractivity contribution >= 4 is 23.5 Å². The number of carbonyl (C=O) groups excluding carboxylic acids is 2. The number of aliphatic imine (C=N–C) groups is 1. The Labute approximate surface area is 167 Å². The van der Waals surface area contributed by atoms with Gasteiger partial charge in [0, 0.05) is 38.8 Å². The van der Waals surface area contributed by atoms with Crippen LogP contribution in [-0.4, -0.2) is 55.5 Å². The smallest absolute Gasteiger partial charge is 0.309 e. The molecule has 0 saturated carbocycles. The summed E-state index contributed by atoms with van der Waals surface area (Å²) in [4.78, 5) is 30.0. The number of amides is 1. The van der Waals surface area contributed by atoms with Crippen LogP contribution in [0.2, 0.25) is 0 Å². The highest BCUT2D eigenvalue weighted by Crippen LogP contribution is 2.19. The van der Waals surface area contributed by atoms with Crippen LogP contribution < -0.4 is 10.6 Å². The van der Waals surface area contributed by atoms with Crippen molar-refractivity contribution in [3.63, 3.8) is 0 Å². The predicted molar refractivity (Wildman–Crippen MR) is 111 cm³/mol. The first kappa shape index (κ1) is 21.7. The largest absolute Gasteiger partial charge is 0.466 e. The highest BCUT2D eigenvalue weighted by Gasteiger charge is 2.27. The Morgan fingerprint density at radius 2 is 1.86 bits per heavy atom. The van der Waals surface area contributed by atoms with Crippen molar-refractivity contribution in [3.05, 3.63) is 29.8 Å². The van der Waals surface area contributed by atoms with E-state index < -0.39 is 0 Å². The van der Waals surface area contributed by atoms with Crippen LogP contribution in [0.15, 0.2) is 29.3 Å². The zero-order chi connectivity index (χ0) is 20.4. The lowest BCUT2D eigenvalue weighted by molar-refractivity contribution is -0.149. The van der Waals surface area contributed by atoms with Crippen molar-refractivity contribution in [1.29, 1.82) is 0 Å². The van der Waals surface area contributed by atoms with Crippen LogP contribution >= 0.6 is 0 Å². The lowest BCUT2D eigenvalue weighted by atomic mass is 9.97. The minimum Gasteiger partial charge on any atom is -0.466 e. The molecule has 1 aliphatic rings. The van der Waals surface area contributed by atoms with Gasteiger partial charge in [-0.3, -0.25) is 14.6 Å². The second kappa shape index (κ2) is 11.3. The molecule has 0 aromatic heterocycles. The van der Waals surface area contributed by atoms with Gasteiger partial charge in [-0.05, 0) is 50.8 Å². The van der Waals surface area contributed by atoms with E-state index >= 15 is 0 Å². The van der Waals surface area contributed by atoms with Crippen molar-refractivity contribution in [2.75, 3.05) is 38.1 Å². The number of piperidine rings is 1. The average molecular weight is 389 g/mol. The SMILES string of the molecule is CCNC(=NCCc1ccc(NC(C)=O)cc1)N1CCC(C(=O)OCC)CC1. The fourth-order valence-electron chi connectivity index (χ4n) is 3.26. The van der Waals surface area contributed by atoms with E-state index in [0.717, 1.165) is 50.5 Å². The number of hydrogen-bond acceptors (Lipinski definition) is 4. The fourth-order valence-corrected chi connectivity index (χ4v) is 3.26. The molecule has 154 valence electrons. The van der Waals surface area contributed by atoms with Crippen LogP contribution in [0.25, 0.3) is 0 Å². The maximum Gasteiger partial charge on any atom is 0.309 e. The van der Waals surface area contributed by atoms with Gasteiger partial charge in [-0.15, -0.1) is 0 Å². The average Bonchev–Trinajstić information content (AvgIpc) is 2.68. The minimum absolute atomic E-state index is 0.00111. The van der Waals surface area contributed by atoms with Crippen molar-refractivity contribution in [1.82, 2.24) is 10.2 Å². The van der Waals surface area contributed by atoms with E-state index in [1.54, 1.807) is 0 Å². The Morgan fingerprint density at radius 3 is 2.43 bits per heavy atom. The molecule has 0 bridgehead atoms. The van der Waals surface area contributed by atoms with Gasteiger partial charge in [0.25, 0.3) is 0 Å². The Balaban J connectivity index is 1.87. The molecule has 28 heavy (non-hydrogen) atoms. The second-order valence-corrected chi connectivity index (χ2v) is 6.88. The van der Waals surface area contributed by atoms with Gasteiger partial charge in [0.15, 0.2) is 5.96 Å². The topological polar surface area (TPSA) is 83.0 Å². The van der Waals surface area contributed by atoms with Gasteiger partial charge in [-0.1, -0.05) is 12.1 Å². The highest BCUT2D eigenvalue weighted by atomic mass is 16.5. The van der Waals surface area contributed by atoms with Crippen molar-refractivity contribution in [2.24, 2.45) is 10.9 Å². The number of esters is 1. The number of anilines is 1. The Morgan fingerprint density at radius 1 is 1.18 bits per heavy atom. The minimum atomic E-state index is -0.0770. The van der Waals surface area contributed by atoms with E-state index in [1.807, 2.05) is 31.2 Å². The van der Waals surface area contributed by atoms with E-state index in [2.05, 4.69) is 22.5 Å². The number of likely N-dealkylation sites (tertiary alicyclic amines) is 1. The number of ether oxygens (including phenoxy) is 1. The van der Waals surface area contributed by atoms with E-state index in [0.29, 0.717) is 13.2 Å². The Bertz CT molecular complexity index is 665. The number of hydrogen-bond donors (Lipinski definition) is 2. The normalized spacial score (nSPS) is 15.2. The van der Waals surface area contributed by atoms with E-state index in [-0.39, 0.29) is 17.8 Å². The molecule has 2 rings (SSSR count). The van der Waals surface area contributed by atoms with Crippen molar-refractivity contribution < 1.29 is 14.3 Å². The maximum absolute atomic E-state index is 11.9. The molecule has 0 spiro atoms. The highest BCUT2D eigenvalue weighted by molar-refractivity contribution is 5.88. The van der Waals surface area contributed by atoms with Gasteiger partial charge in [0.05, 0.1) is 12.5 Å². The predicted octanol–water partition coefficient (Wildman–Crippen LogP) is 2.43. The summed E-state index contributed by atoms with van der Waals surface area (Å²) >= 11 is 0. The first-order chi connectivity index (χ1) is 13.5. The van der Waals surface area contributed by atoms with E-state index in [1.165, 1.54) is 12.5 Å². The van der Waals surface area contributed by atoms with Crippen LogP contribution in [-0.2, 0) is 20.7 Å². The summed E-state index contributed by atoms with van der Waals surface area (Å²) in [5.41, 5.74) is 1.98. The molecule has 7 heteroatoms. The van der Waals surface area contributed by atoms with Gasteiger partial charge < -0.3 is 20.3 Å². The molecule has 1 amide bonds. The number of carbonyl (C=O) groups is 2. The molecule has 2 N–H and O–H groups in total. The zero-order valence-corrected chi connectivity index (χ0v) is 17.2. The third-order valence-corrected chi connectivity index (χ3v) is 4.69. The van der Waals surface area contributed by atoms with Gasteiger partial charge >= 0.3 is 5.97 Å². The molecule has 7 nitrogen and oxygen atoms in total. The summed E-state index contributed by atoms with van der Waals surface area (Å²) < 4.78 is 5.14. The van der Waals surface area contributed by atoms with Gasteiger partial charge in [-0.2, -0.15) is 0 Å². The van der Waals surface area contributed by atoms with Crippen LogP contribution in [0.4, 0.5) is 5.69 Å². The van der Waals surface area contributed by atoms with Gasteiger partial charge in [0.1, 0.15) is 0 Å². The van der Waals surface area contributed by atoms with Crippen molar-refractivity contribution in [3.8, 4) is 0 Å². The molecule has 0 aliphatic carbocycles. The zero-order valence-electron chi connectivity index (χ0n) is 17.2. The summed E-state index contributed by atoms with van der Waals surface area (Å²) in [7, 11) is 0. The summed E-state index contributed by atoms with van der Waals surface area (Å²) in [5, 5.41) is 6.12. The molecule has 0 atom stereocenters. The van der Waals surface area contributed by atoms with E-state index in [4.69, 9.17) is 9.73 Å². The lowest BCUT2D eigenvalue weighted by Crippen LogP contribution is -2.46. The first-order valence-corrected chi connectivity index (χ1v) is 10.1. The van der Waals surface area contributed by atoms with Crippen molar-refractivity contribution in [2.45, 2.75) is 40.0 Å². The molecule has 1 saturated heterocycles. The number of guanidine groups is 1. The molecule has 1 aliphatic heterocycles. The molecule has 0 unspecified atom stereocenters. The molecular weight excluding hydrogens is 356 g/mol. The molecular formula is C21H32N4O3. The van der Waals surface area contributed by atoms with Gasteiger partial charge in [0.2, 0.25) is 5.91 Å². The third-order valence-electron chi connectivity index (χ3n) is 4.69. The second-order valence-electron chi connectivity index (χ2n) is 6.88. The molecule has 1 fully saturated rings. The Hall–Kier alpha value is -2.57. The molecule has 1 aromatic rings. The summed E-state index contributed by atoms with van der Waals surface area (Å²) in [6, 6.07) is 7.84. The standard InChI is InChI=1S/C21H32N4O3/c1-4-22-21(25-14-11-18(12-15-25)20(27)28-5-2)23-13-10-17-6-8-19(9-7-17)24-16(3)26/h6-9,18H,4-5,10-15H2,1-3H3,(H,22,23)(H,24,26). The monoisotopic (exact) mass is 388 g/mol. The van der Waals surface area contributed by atoms with Crippen LogP contribution in [0, 0.1) is 5.92 Å². The summed E-state index contributed by atoms with van der Waals surface area (Å²) in [5.74, 6) is 0.757. The number of nitrogens with one attached hydrogen (secondary N) is 2. The van der Waals surface area contributed by atoms with Gasteiger partial charge in [-0.25, -0.2) is 0 Å². The van der Waals surface area contributed by atoms with Crippen LogP contribution in [0.5, 0.6) is 0 Å². The fraction of sp³-hybridized carbons (Fsp3) is 0.571. The number of nitrogens with zero attached hydrogens (tertiary/aromatic N) is 2. The summed E-state index contributed by atoms with van der Waals surface area (Å²) in [6.45, 7) is 8.94. The maximum atomic E-state index is 11.9. The number of benzene rings is 1. The first-order valence-electron chi connectivity index (χ1n) is 10.1. The molecule has 1 aromatic carbocycles. The Kier molecular flexibility index (Phi) is 8.78. The van der Waals surface area contributed by atoms with E-state index in [9.17, 15) is 9.59 Å². The third kappa shape index (κ3) is 6.87. The molecule has 0 radical (unpaired) electrons. The quantitative estimate of drug-likeness (QED) is 0.426. The number of rotatable bonds is 7. The summed E-state index contributed by atoms with van der Waals surface area (Å²) in [6.07, 6.45) is 2.43.